The van der Waals surface area contributed by atoms with Crippen LogP contribution in [0.15, 0.2) is 4.60 Å². The first kappa shape index (κ1) is 9.21. The van der Waals surface area contributed by atoms with Crippen molar-refractivity contribution in [3.8, 4) is 0 Å². The Morgan fingerprint density at radius 3 is 2.69 bits per heavy atom. The molecule has 0 aliphatic carbocycles. The fourth-order valence-corrected chi connectivity index (χ4v) is 2.43. The maximum atomic E-state index is 5.32. The maximum absolute atomic E-state index is 5.32. The van der Waals surface area contributed by atoms with Crippen LogP contribution in [0.4, 0.5) is 0 Å². The van der Waals surface area contributed by atoms with Crippen LogP contribution in [0, 0.1) is 6.92 Å². The molecular weight excluding hydrogens is 232 g/mol. The van der Waals surface area contributed by atoms with Crippen molar-refractivity contribution in [1.82, 2.24) is 9.97 Å². The molecule has 1 saturated heterocycles. The van der Waals surface area contributed by atoms with Crippen molar-refractivity contribution in [2.24, 2.45) is 0 Å². The van der Waals surface area contributed by atoms with E-state index >= 15 is 0 Å². The highest BCUT2D eigenvalue weighted by Crippen LogP contribution is 2.30. The number of aromatic amines is 1. The molecule has 1 aliphatic rings. The number of aromatic nitrogens is 2. The lowest BCUT2D eigenvalue weighted by atomic mass is 9.97. The number of hydrogen-bond donors (Lipinski definition) is 1. The fourth-order valence-electron chi connectivity index (χ4n) is 1.74. The lowest BCUT2D eigenvalue weighted by molar-refractivity contribution is 0.0844. The Morgan fingerprint density at radius 1 is 1.46 bits per heavy atom. The van der Waals surface area contributed by atoms with Crippen molar-refractivity contribution in [3.05, 3.63) is 16.1 Å². The van der Waals surface area contributed by atoms with Crippen LogP contribution in [0.25, 0.3) is 0 Å². The molecule has 0 saturated carbocycles. The predicted molar refractivity (Wildman–Crippen MR) is 53.8 cm³/mol. The summed E-state index contributed by atoms with van der Waals surface area (Å²) in [7, 11) is 0. The van der Waals surface area contributed by atoms with Gasteiger partial charge >= 0.3 is 0 Å². The van der Waals surface area contributed by atoms with Crippen molar-refractivity contribution in [3.63, 3.8) is 0 Å². The Bertz CT molecular complexity index is 292. The van der Waals surface area contributed by atoms with E-state index in [4.69, 9.17) is 4.74 Å². The van der Waals surface area contributed by atoms with Crippen molar-refractivity contribution < 1.29 is 4.74 Å². The molecule has 0 amide bonds. The third-order valence-corrected chi connectivity index (χ3v) is 3.04. The maximum Gasteiger partial charge on any atom is 0.127 e. The van der Waals surface area contributed by atoms with Gasteiger partial charge in [-0.1, -0.05) is 0 Å². The number of imidazole rings is 1. The van der Waals surface area contributed by atoms with E-state index in [0.717, 1.165) is 36.5 Å². The largest absolute Gasteiger partial charge is 0.381 e. The minimum absolute atomic E-state index is 0.587. The van der Waals surface area contributed by atoms with E-state index in [1.807, 2.05) is 6.92 Å². The van der Waals surface area contributed by atoms with E-state index in [1.165, 1.54) is 5.69 Å². The van der Waals surface area contributed by atoms with Gasteiger partial charge in [0.1, 0.15) is 10.4 Å². The first-order chi connectivity index (χ1) is 6.27. The number of nitrogens with zero attached hydrogens (tertiary/aromatic N) is 1. The molecule has 3 nitrogen and oxygen atoms in total. The van der Waals surface area contributed by atoms with E-state index in [1.54, 1.807) is 0 Å². The van der Waals surface area contributed by atoms with Crippen LogP contribution in [-0.2, 0) is 4.74 Å². The van der Waals surface area contributed by atoms with Gasteiger partial charge in [0.2, 0.25) is 0 Å². The average molecular weight is 245 g/mol. The third kappa shape index (κ3) is 1.94. The van der Waals surface area contributed by atoms with E-state index in [0.29, 0.717) is 5.92 Å². The zero-order valence-corrected chi connectivity index (χ0v) is 9.23. The molecule has 2 heterocycles. The van der Waals surface area contributed by atoms with E-state index in [9.17, 15) is 0 Å². The molecular formula is C9H13BrN2O. The average Bonchev–Trinajstić information content (AvgIpc) is 2.47. The first-order valence-electron chi connectivity index (χ1n) is 4.57. The Kier molecular flexibility index (Phi) is 2.69. The minimum atomic E-state index is 0.587. The van der Waals surface area contributed by atoms with Crippen LogP contribution < -0.4 is 0 Å². The smallest absolute Gasteiger partial charge is 0.127 e. The summed E-state index contributed by atoms with van der Waals surface area (Å²) in [5, 5.41) is 0. The minimum Gasteiger partial charge on any atom is -0.381 e. The lowest BCUT2D eigenvalue weighted by Crippen LogP contribution is -2.14. The molecule has 72 valence electrons. The molecule has 1 aromatic rings. The molecule has 1 aromatic heterocycles. The standard InChI is InChI=1S/C9H13BrN2O/c1-6-11-8(9(10)12-6)7-2-4-13-5-3-7/h7H,2-5H2,1H3,(H,11,12). The molecule has 0 spiro atoms. The second-order valence-electron chi connectivity index (χ2n) is 3.41. The monoisotopic (exact) mass is 244 g/mol. The van der Waals surface area contributed by atoms with Gasteiger partial charge in [-0.2, -0.15) is 0 Å². The molecule has 0 unspecified atom stereocenters. The first-order valence-corrected chi connectivity index (χ1v) is 5.36. The van der Waals surface area contributed by atoms with Gasteiger partial charge in [-0.05, 0) is 35.7 Å². The second kappa shape index (κ2) is 3.80. The van der Waals surface area contributed by atoms with Crippen LogP contribution in [0.3, 0.4) is 0 Å². The number of aryl methyl sites for hydroxylation is 1. The Labute approximate surface area is 86.0 Å². The number of rotatable bonds is 1. The fraction of sp³-hybridized carbons (Fsp3) is 0.667. The highest BCUT2D eigenvalue weighted by Gasteiger charge is 2.20. The number of hydrogen-bond acceptors (Lipinski definition) is 2. The summed E-state index contributed by atoms with van der Waals surface area (Å²) >= 11 is 3.47. The highest BCUT2D eigenvalue weighted by atomic mass is 79.9. The second-order valence-corrected chi connectivity index (χ2v) is 4.16. The van der Waals surface area contributed by atoms with Gasteiger partial charge in [0.15, 0.2) is 0 Å². The molecule has 2 rings (SSSR count). The molecule has 1 aliphatic heterocycles. The van der Waals surface area contributed by atoms with Gasteiger partial charge in [-0.25, -0.2) is 4.98 Å². The van der Waals surface area contributed by atoms with Crippen LogP contribution in [-0.4, -0.2) is 23.2 Å². The normalized spacial score (nSPS) is 19.2. The Hall–Kier alpha value is -0.350. The predicted octanol–water partition coefficient (Wildman–Crippen LogP) is 2.37. The van der Waals surface area contributed by atoms with E-state index in [2.05, 4.69) is 25.9 Å². The molecule has 1 fully saturated rings. The lowest BCUT2D eigenvalue weighted by Gasteiger charge is -2.20. The number of ether oxygens (including phenoxy) is 1. The van der Waals surface area contributed by atoms with E-state index in [-0.39, 0.29) is 0 Å². The van der Waals surface area contributed by atoms with Crippen LogP contribution in [0.1, 0.15) is 30.3 Å². The summed E-state index contributed by atoms with van der Waals surface area (Å²) < 4.78 is 6.29. The molecule has 1 N–H and O–H groups in total. The molecule has 0 aromatic carbocycles. The molecule has 4 heteroatoms. The number of nitrogens with one attached hydrogen (secondary N) is 1. The zero-order valence-electron chi connectivity index (χ0n) is 7.64. The molecule has 0 radical (unpaired) electrons. The third-order valence-electron chi connectivity index (χ3n) is 2.43. The number of halogens is 1. The van der Waals surface area contributed by atoms with Crippen LogP contribution >= 0.6 is 15.9 Å². The highest BCUT2D eigenvalue weighted by molar-refractivity contribution is 9.10. The summed E-state index contributed by atoms with van der Waals surface area (Å²) in [6.07, 6.45) is 2.19. The van der Waals surface area contributed by atoms with Crippen molar-refractivity contribution in [2.75, 3.05) is 13.2 Å². The van der Waals surface area contributed by atoms with Gasteiger partial charge in [-0.15, -0.1) is 0 Å². The summed E-state index contributed by atoms with van der Waals surface area (Å²) in [5.74, 6) is 1.57. The number of H-pyrrole nitrogens is 1. The van der Waals surface area contributed by atoms with Crippen LogP contribution in [0.2, 0.25) is 0 Å². The molecule has 0 atom stereocenters. The summed E-state index contributed by atoms with van der Waals surface area (Å²) in [6.45, 7) is 3.72. The summed E-state index contributed by atoms with van der Waals surface area (Å²) in [5.41, 5.74) is 1.24. The van der Waals surface area contributed by atoms with Gasteiger partial charge in [0.05, 0.1) is 5.69 Å². The molecule has 13 heavy (non-hydrogen) atoms. The topological polar surface area (TPSA) is 37.9 Å². The quantitative estimate of drug-likeness (QED) is 0.824. The van der Waals surface area contributed by atoms with Crippen molar-refractivity contribution in [1.29, 1.82) is 0 Å². The van der Waals surface area contributed by atoms with E-state index < -0.39 is 0 Å². The Balaban J connectivity index is 2.18. The summed E-state index contributed by atoms with van der Waals surface area (Å²) in [4.78, 5) is 7.61. The Morgan fingerprint density at radius 2 is 2.15 bits per heavy atom. The van der Waals surface area contributed by atoms with Crippen molar-refractivity contribution >= 4 is 15.9 Å². The van der Waals surface area contributed by atoms with Gasteiger partial charge in [0.25, 0.3) is 0 Å². The SMILES string of the molecule is Cc1nc(Br)c(C2CCOCC2)[nH]1. The van der Waals surface area contributed by atoms with Gasteiger partial charge < -0.3 is 9.72 Å². The van der Waals surface area contributed by atoms with Gasteiger partial charge in [-0.3, -0.25) is 0 Å². The summed E-state index contributed by atoms with van der Waals surface area (Å²) in [6, 6.07) is 0. The van der Waals surface area contributed by atoms with Gasteiger partial charge in [0, 0.05) is 19.1 Å². The van der Waals surface area contributed by atoms with Crippen LogP contribution in [0.5, 0.6) is 0 Å². The molecule has 0 bridgehead atoms. The van der Waals surface area contributed by atoms with Crippen molar-refractivity contribution in [2.45, 2.75) is 25.7 Å². The zero-order chi connectivity index (χ0) is 9.26.